The van der Waals surface area contributed by atoms with Gasteiger partial charge in [0.2, 0.25) is 5.56 Å². The molecule has 0 radical (unpaired) electrons. The number of aromatic amines is 1. The van der Waals surface area contributed by atoms with Crippen molar-refractivity contribution in [3.05, 3.63) is 28.2 Å². The van der Waals surface area contributed by atoms with Gasteiger partial charge in [0.15, 0.2) is 0 Å². The number of aromatic nitrogens is 1. The van der Waals surface area contributed by atoms with E-state index < -0.39 is 0 Å². The Morgan fingerprint density at radius 3 is 2.55 bits per heavy atom. The van der Waals surface area contributed by atoms with Gasteiger partial charge in [-0.1, -0.05) is 6.92 Å². The Morgan fingerprint density at radius 1 is 1.30 bits per heavy atom. The highest BCUT2D eigenvalue weighted by Gasteiger charge is 2.31. The predicted molar refractivity (Wildman–Crippen MR) is 84.6 cm³/mol. The van der Waals surface area contributed by atoms with Gasteiger partial charge in [0.25, 0.3) is 0 Å². The highest BCUT2D eigenvalue weighted by Crippen LogP contribution is 2.24. The summed E-state index contributed by atoms with van der Waals surface area (Å²) in [5, 5.41) is 0. The van der Waals surface area contributed by atoms with Crippen molar-refractivity contribution in [2.75, 3.05) is 24.5 Å². The summed E-state index contributed by atoms with van der Waals surface area (Å²) in [5.74, 6) is 0. The highest BCUT2D eigenvalue weighted by atomic mass is 16.1. The molecule has 0 spiro atoms. The third-order valence-electron chi connectivity index (χ3n) is 4.12. The van der Waals surface area contributed by atoms with Crippen LogP contribution in [0.1, 0.15) is 40.3 Å². The normalized spacial score (nSPS) is 21.2. The third kappa shape index (κ3) is 3.23. The molecule has 4 nitrogen and oxygen atoms in total. The van der Waals surface area contributed by atoms with Gasteiger partial charge in [-0.05, 0) is 40.2 Å². The summed E-state index contributed by atoms with van der Waals surface area (Å²) in [5.41, 5.74) is 2.28. The fraction of sp³-hybridized carbons (Fsp3) is 0.688. The van der Waals surface area contributed by atoms with Crippen LogP contribution in [-0.2, 0) is 6.42 Å². The van der Waals surface area contributed by atoms with Crippen LogP contribution >= 0.6 is 0 Å². The molecule has 112 valence electrons. The van der Waals surface area contributed by atoms with Crippen molar-refractivity contribution in [2.24, 2.45) is 0 Å². The van der Waals surface area contributed by atoms with Crippen molar-refractivity contribution in [3.8, 4) is 0 Å². The average molecular weight is 277 g/mol. The fourth-order valence-electron chi connectivity index (χ4n) is 3.15. The maximum atomic E-state index is 11.7. The van der Waals surface area contributed by atoms with Gasteiger partial charge in [0.1, 0.15) is 0 Å². The first-order valence-electron chi connectivity index (χ1n) is 7.56. The van der Waals surface area contributed by atoms with Gasteiger partial charge in [0.05, 0.1) is 0 Å². The molecule has 1 aliphatic heterocycles. The zero-order valence-electron chi connectivity index (χ0n) is 13.4. The standard InChI is InChI=1S/C16H27N3O/c1-6-13-9-14(10-15(20)17-13)18-7-8-19(12(2)11-18)16(3,4)5/h9-10,12H,6-8,11H2,1-5H3,(H,17,20)/t12-/m1/s1. The van der Waals surface area contributed by atoms with Crippen LogP contribution in [0.3, 0.4) is 0 Å². The number of hydrogen-bond donors (Lipinski definition) is 1. The van der Waals surface area contributed by atoms with Gasteiger partial charge in [-0.25, -0.2) is 0 Å². The zero-order chi connectivity index (χ0) is 14.9. The summed E-state index contributed by atoms with van der Waals surface area (Å²) in [7, 11) is 0. The van der Waals surface area contributed by atoms with Crippen LogP contribution in [0.15, 0.2) is 16.9 Å². The van der Waals surface area contributed by atoms with Gasteiger partial charge in [-0.3, -0.25) is 9.69 Å². The van der Waals surface area contributed by atoms with Gasteiger partial charge >= 0.3 is 0 Å². The second-order valence-corrected chi connectivity index (χ2v) is 6.74. The van der Waals surface area contributed by atoms with E-state index >= 15 is 0 Å². The Labute approximate surface area is 121 Å². The minimum Gasteiger partial charge on any atom is -0.368 e. The molecule has 20 heavy (non-hydrogen) atoms. The van der Waals surface area contributed by atoms with E-state index in [4.69, 9.17) is 0 Å². The molecule has 1 aromatic rings. The van der Waals surface area contributed by atoms with Crippen LogP contribution in [0, 0.1) is 0 Å². The second kappa shape index (κ2) is 5.60. The largest absolute Gasteiger partial charge is 0.368 e. The summed E-state index contributed by atoms with van der Waals surface area (Å²) in [4.78, 5) is 19.5. The lowest BCUT2D eigenvalue weighted by molar-refractivity contribution is 0.0799. The molecule has 1 aromatic heterocycles. The fourth-order valence-corrected chi connectivity index (χ4v) is 3.15. The van der Waals surface area contributed by atoms with Crippen molar-refractivity contribution in [3.63, 3.8) is 0 Å². The molecule has 0 aliphatic carbocycles. The second-order valence-electron chi connectivity index (χ2n) is 6.74. The Bertz CT molecular complexity index is 515. The van der Waals surface area contributed by atoms with Gasteiger partial charge in [-0.2, -0.15) is 0 Å². The van der Waals surface area contributed by atoms with E-state index in [1.54, 1.807) is 6.07 Å². The summed E-state index contributed by atoms with van der Waals surface area (Å²) < 4.78 is 0. The van der Waals surface area contributed by atoms with E-state index in [1.165, 1.54) is 0 Å². The lowest BCUT2D eigenvalue weighted by atomic mass is 10.0. The summed E-state index contributed by atoms with van der Waals surface area (Å²) in [6.07, 6.45) is 0.862. The molecule has 2 rings (SSSR count). The van der Waals surface area contributed by atoms with E-state index in [0.29, 0.717) is 6.04 Å². The van der Waals surface area contributed by atoms with Crippen LogP contribution in [-0.4, -0.2) is 41.1 Å². The molecule has 1 aliphatic rings. The molecule has 1 saturated heterocycles. The van der Waals surface area contributed by atoms with Crippen molar-refractivity contribution in [2.45, 2.75) is 52.6 Å². The number of aryl methyl sites for hydroxylation is 1. The maximum Gasteiger partial charge on any atom is 0.250 e. The minimum absolute atomic E-state index is 0.00486. The zero-order valence-corrected chi connectivity index (χ0v) is 13.4. The van der Waals surface area contributed by atoms with Crippen LogP contribution in [0.4, 0.5) is 5.69 Å². The summed E-state index contributed by atoms with van der Waals surface area (Å²) in [6, 6.07) is 4.33. The van der Waals surface area contributed by atoms with Gasteiger partial charge in [-0.15, -0.1) is 0 Å². The Morgan fingerprint density at radius 2 is 2.00 bits per heavy atom. The molecule has 2 heterocycles. The molecule has 0 aromatic carbocycles. The predicted octanol–water partition coefficient (Wildman–Crippen LogP) is 2.25. The van der Waals surface area contributed by atoms with Crippen LogP contribution in [0.2, 0.25) is 0 Å². The molecule has 4 heteroatoms. The van der Waals surface area contributed by atoms with Gasteiger partial charge in [0, 0.05) is 48.7 Å². The molecule has 0 bridgehead atoms. The van der Waals surface area contributed by atoms with Gasteiger partial charge < -0.3 is 9.88 Å². The van der Waals surface area contributed by atoms with E-state index in [-0.39, 0.29) is 11.1 Å². The molecular weight excluding hydrogens is 250 g/mol. The first kappa shape index (κ1) is 15.1. The maximum absolute atomic E-state index is 11.7. The first-order valence-corrected chi connectivity index (χ1v) is 7.56. The quantitative estimate of drug-likeness (QED) is 0.901. The Kier molecular flexibility index (Phi) is 4.23. The summed E-state index contributed by atoms with van der Waals surface area (Å²) in [6.45, 7) is 14.1. The smallest absolute Gasteiger partial charge is 0.250 e. The number of pyridine rings is 1. The van der Waals surface area contributed by atoms with Crippen molar-refractivity contribution in [1.29, 1.82) is 0 Å². The number of nitrogens with one attached hydrogen (secondary N) is 1. The molecular formula is C16H27N3O. The number of hydrogen-bond acceptors (Lipinski definition) is 3. The van der Waals surface area contributed by atoms with E-state index in [9.17, 15) is 4.79 Å². The van der Waals surface area contributed by atoms with E-state index in [1.807, 2.05) is 0 Å². The molecule has 0 amide bonds. The van der Waals surface area contributed by atoms with Crippen molar-refractivity contribution < 1.29 is 0 Å². The molecule has 0 saturated carbocycles. The summed E-state index contributed by atoms with van der Waals surface area (Å²) >= 11 is 0. The monoisotopic (exact) mass is 277 g/mol. The lowest BCUT2D eigenvalue weighted by Gasteiger charge is -2.47. The number of H-pyrrole nitrogens is 1. The number of piperazine rings is 1. The minimum atomic E-state index is 0.00486. The number of anilines is 1. The number of rotatable bonds is 2. The molecule has 0 unspecified atom stereocenters. The Hall–Kier alpha value is -1.29. The lowest BCUT2D eigenvalue weighted by Crippen LogP contribution is -2.58. The van der Waals surface area contributed by atoms with Crippen molar-refractivity contribution in [1.82, 2.24) is 9.88 Å². The Balaban J connectivity index is 2.17. The average Bonchev–Trinajstić information content (AvgIpc) is 2.36. The SMILES string of the molecule is CCc1cc(N2CCN(C(C)(C)C)[C@H](C)C2)cc(=O)[nH]1. The van der Waals surface area contributed by atoms with E-state index in [2.05, 4.69) is 55.5 Å². The van der Waals surface area contributed by atoms with Crippen LogP contribution in [0.5, 0.6) is 0 Å². The molecule has 1 N–H and O–H groups in total. The third-order valence-corrected chi connectivity index (χ3v) is 4.12. The topological polar surface area (TPSA) is 39.3 Å². The first-order chi connectivity index (χ1) is 9.31. The molecule has 1 fully saturated rings. The number of nitrogens with zero attached hydrogens (tertiary/aromatic N) is 2. The van der Waals surface area contributed by atoms with Crippen molar-refractivity contribution >= 4 is 5.69 Å². The van der Waals surface area contributed by atoms with Crippen LogP contribution in [0.25, 0.3) is 0 Å². The molecule has 1 atom stereocenters. The highest BCUT2D eigenvalue weighted by molar-refractivity contribution is 5.47. The van der Waals surface area contributed by atoms with Crippen LogP contribution < -0.4 is 10.5 Å². The van der Waals surface area contributed by atoms with E-state index in [0.717, 1.165) is 37.4 Å².